The molecule has 4 heteroatoms. The maximum Gasteiger partial charge on any atom is 0.127 e. The van der Waals surface area contributed by atoms with Crippen LogP contribution in [-0.4, -0.2) is 35.4 Å². The minimum Gasteiger partial charge on any atom is -0.490 e. The zero-order chi connectivity index (χ0) is 16.8. The Morgan fingerprint density at radius 3 is 2.79 bits per heavy atom. The van der Waals surface area contributed by atoms with Crippen LogP contribution in [0.4, 0.5) is 0 Å². The summed E-state index contributed by atoms with van der Waals surface area (Å²) >= 11 is 0. The lowest BCUT2D eigenvalue weighted by Crippen LogP contribution is -2.37. The number of pyridine rings is 1. The van der Waals surface area contributed by atoms with E-state index in [2.05, 4.69) is 35.4 Å². The third-order valence-corrected chi connectivity index (χ3v) is 4.94. The maximum absolute atomic E-state index is 8.87. The summed E-state index contributed by atoms with van der Waals surface area (Å²) in [6.07, 6.45) is 10.4. The average molecular weight is 328 g/mol. The number of hydrogen-bond donors (Lipinski definition) is 2. The van der Waals surface area contributed by atoms with Gasteiger partial charge in [-0.2, -0.15) is 0 Å². The topological polar surface area (TPSA) is 54.4 Å². The molecule has 1 aliphatic carbocycles. The molecule has 1 saturated carbocycles. The second-order valence-corrected chi connectivity index (χ2v) is 6.63. The molecule has 1 aromatic heterocycles. The summed E-state index contributed by atoms with van der Waals surface area (Å²) in [6, 6.07) is 6.82. The largest absolute Gasteiger partial charge is 0.490 e. The van der Waals surface area contributed by atoms with Crippen molar-refractivity contribution in [3.8, 4) is 5.75 Å². The van der Waals surface area contributed by atoms with Gasteiger partial charge in [0.2, 0.25) is 0 Å². The predicted octanol–water partition coefficient (Wildman–Crippen LogP) is 3.46. The van der Waals surface area contributed by atoms with Crippen molar-refractivity contribution in [1.29, 1.82) is 0 Å². The lowest BCUT2D eigenvalue weighted by Gasteiger charge is -2.30. The molecule has 1 fully saturated rings. The van der Waals surface area contributed by atoms with Gasteiger partial charge >= 0.3 is 0 Å². The Morgan fingerprint density at radius 2 is 2.04 bits per heavy atom. The SMILES string of the molecule is CCc1cncc2cccc(O[C@H]3CC[C@H](NCCCO)CC3)c12. The fraction of sp³-hybridized carbons (Fsp3) is 0.550. The highest BCUT2D eigenvalue weighted by molar-refractivity contribution is 5.90. The van der Waals surface area contributed by atoms with Gasteiger partial charge in [0, 0.05) is 35.8 Å². The summed E-state index contributed by atoms with van der Waals surface area (Å²) in [4.78, 5) is 4.34. The lowest BCUT2D eigenvalue weighted by molar-refractivity contribution is 0.140. The minimum absolute atomic E-state index is 0.265. The first kappa shape index (κ1) is 17.2. The Hall–Kier alpha value is -1.65. The Morgan fingerprint density at radius 1 is 1.21 bits per heavy atom. The molecule has 0 unspecified atom stereocenters. The van der Waals surface area contributed by atoms with Crippen LogP contribution in [0, 0.1) is 0 Å². The van der Waals surface area contributed by atoms with E-state index in [1.54, 1.807) is 0 Å². The summed E-state index contributed by atoms with van der Waals surface area (Å²) in [6.45, 7) is 3.33. The number of aromatic nitrogens is 1. The molecule has 0 aliphatic heterocycles. The number of nitrogens with one attached hydrogen (secondary N) is 1. The molecule has 1 aromatic carbocycles. The van der Waals surface area contributed by atoms with Crippen LogP contribution in [0.5, 0.6) is 5.75 Å². The van der Waals surface area contributed by atoms with Gasteiger partial charge in [-0.25, -0.2) is 0 Å². The fourth-order valence-electron chi connectivity index (χ4n) is 3.59. The fourth-order valence-corrected chi connectivity index (χ4v) is 3.59. The molecule has 4 nitrogen and oxygen atoms in total. The molecular weight excluding hydrogens is 300 g/mol. The summed E-state index contributed by atoms with van der Waals surface area (Å²) in [5.41, 5.74) is 1.25. The van der Waals surface area contributed by atoms with Crippen molar-refractivity contribution in [3.63, 3.8) is 0 Å². The van der Waals surface area contributed by atoms with Crippen LogP contribution in [0.3, 0.4) is 0 Å². The minimum atomic E-state index is 0.265. The number of benzene rings is 1. The summed E-state index contributed by atoms with van der Waals surface area (Å²) < 4.78 is 6.39. The van der Waals surface area contributed by atoms with Gasteiger partial charge in [0.15, 0.2) is 0 Å². The van der Waals surface area contributed by atoms with Crippen LogP contribution in [0.1, 0.15) is 44.6 Å². The van der Waals surface area contributed by atoms with Crippen molar-refractivity contribution in [3.05, 3.63) is 36.2 Å². The number of aliphatic hydroxyl groups excluding tert-OH is 1. The molecule has 0 amide bonds. The highest BCUT2D eigenvalue weighted by atomic mass is 16.5. The Labute approximate surface area is 144 Å². The van der Waals surface area contributed by atoms with E-state index < -0.39 is 0 Å². The molecule has 130 valence electrons. The Balaban J connectivity index is 1.64. The molecular formula is C20H28N2O2. The average Bonchev–Trinajstić information content (AvgIpc) is 2.63. The van der Waals surface area contributed by atoms with Crippen LogP contribution >= 0.6 is 0 Å². The molecule has 1 aliphatic rings. The van der Waals surface area contributed by atoms with Gasteiger partial charge in [-0.15, -0.1) is 0 Å². The van der Waals surface area contributed by atoms with E-state index in [4.69, 9.17) is 9.84 Å². The highest BCUT2D eigenvalue weighted by Crippen LogP contribution is 2.32. The van der Waals surface area contributed by atoms with Crippen molar-refractivity contribution in [1.82, 2.24) is 10.3 Å². The van der Waals surface area contributed by atoms with Gasteiger partial charge in [-0.1, -0.05) is 19.1 Å². The molecule has 0 atom stereocenters. The zero-order valence-corrected chi connectivity index (χ0v) is 14.5. The third-order valence-electron chi connectivity index (χ3n) is 4.94. The van der Waals surface area contributed by atoms with Gasteiger partial charge in [0.1, 0.15) is 5.75 Å². The Kier molecular flexibility index (Phi) is 6.05. The molecule has 3 rings (SSSR count). The second-order valence-electron chi connectivity index (χ2n) is 6.63. The summed E-state index contributed by atoms with van der Waals surface area (Å²) in [5.74, 6) is 1.00. The number of aryl methyl sites for hydroxylation is 1. The maximum atomic E-state index is 8.87. The van der Waals surface area contributed by atoms with Crippen molar-refractivity contribution in [2.75, 3.05) is 13.2 Å². The first-order valence-corrected chi connectivity index (χ1v) is 9.18. The molecule has 0 saturated heterocycles. The first-order valence-electron chi connectivity index (χ1n) is 9.18. The lowest BCUT2D eigenvalue weighted by atomic mass is 9.92. The number of rotatable bonds is 7. The summed E-state index contributed by atoms with van der Waals surface area (Å²) in [5, 5.41) is 14.8. The quantitative estimate of drug-likeness (QED) is 0.764. The normalized spacial score (nSPS) is 21.1. The molecule has 2 N–H and O–H groups in total. The Bertz CT molecular complexity index is 646. The molecule has 2 aromatic rings. The number of nitrogens with zero attached hydrogens (tertiary/aromatic N) is 1. The number of hydrogen-bond acceptors (Lipinski definition) is 4. The zero-order valence-electron chi connectivity index (χ0n) is 14.5. The third kappa shape index (κ3) is 4.05. The number of ether oxygens (including phenoxy) is 1. The van der Waals surface area contributed by atoms with E-state index >= 15 is 0 Å². The van der Waals surface area contributed by atoms with E-state index in [0.29, 0.717) is 12.1 Å². The van der Waals surface area contributed by atoms with Gasteiger partial charge in [0.25, 0.3) is 0 Å². The van der Waals surface area contributed by atoms with Gasteiger partial charge in [-0.3, -0.25) is 4.98 Å². The van der Waals surface area contributed by atoms with E-state index in [1.807, 2.05) is 12.4 Å². The van der Waals surface area contributed by atoms with Crippen LogP contribution in [-0.2, 0) is 6.42 Å². The van der Waals surface area contributed by atoms with Crippen molar-refractivity contribution < 1.29 is 9.84 Å². The van der Waals surface area contributed by atoms with Crippen LogP contribution in [0.2, 0.25) is 0 Å². The molecule has 0 bridgehead atoms. The van der Waals surface area contributed by atoms with Crippen LogP contribution in [0.25, 0.3) is 10.8 Å². The van der Waals surface area contributed by atoms with E-state index in [1.165, 1.54) is 10.9 Å². The summed E-state index contributed by atoms with van der Waals surface area (Å²) in [7, 11) is 0. The first-order chi connectivity index (χ1) is 11.8. The van der Waals surface area contributed by atoms with Crippen molar-refractivity contribution in [2.24, 2.45) is 0 Å². The van der Waals surface area contributed by atoms with E-state index in [9.17, 15) is 0 Å². The van der Waals surface area contributed by atoms with E-state index in [-0.39, 0.29) is 6.61 Å². The van der Waals surface area contributed by atoms with Gasteiger partial charge in [0.05, 0.1) is 6.10 Å². The standard InChI is InChI=1S/C20H28N2O2/c1-2-15-13-21-14-16-5-3-6-19(20(15)16)24-18-9-7-17(8-10-18)22-11-4-12-23/h3,5-6,13-14,17-18,22-23H,2,4,7-12H2,1H3/t17-,18-. The predicted molar refractivity (Wildman–Crippen MR) is 97.5 cm³/mol. The van der Waals surface area contributed by atoms with Crippen molar-refractivity contribution >= 4 is 10.8 Å². The molecule has 1 heterocycles. The second kappa shape index (κ2) is 8.45. The molecule has 24 heavy (non-hydrogen) atoms. The van der Waals surface area contributed by atoms with E-state index in [0.717, 1.165) is 56.2 Å². The smallest absolute Gasteiger partial charge is 0.127 e. The molecule has 0 spiro atoms. The highest BCUT2D eigenvalue weighted by Gasteiger charge is 2.22. The van der Waals surface area contributed by atoms with Crippen molar-refractivity contribution in [2.45, 2.75) is 57.6 Å². The van der Waals surface area contributed by atoms with Crippen LogP contribution in [0.15, 0.2) is 30.6 Å². The van der Waals surface area contributed by atoms with Gasteiger partial charge in [-0.05, 0) is 56.7 Å². The number of aliphatic hydroxyl groups is 1. The monoisotopic (exact) mass is 328 g/mol. The molecule has 0 radical (unpaired) electrons. The van der Waals surface area contributed by atoms with Gasteiger partial charge < -0.3 is 15.2 Å². The number of fused-ring (bicyclic) bond motifs is 1. The van der Waals surface area contributed by atoms with Crippen LogP contribution < -0.4 is 10.1 Å².